The zero-order valence-electron chi connectivity index (χ0n) is 17.4. The van der Waals surface area contributed by atoms with Gasteiger partial charge in [-0.05, 0) is 66.6 Å². The standard InChI is InChI=1S/C24H21N3O4S/c1-2-3-4-16-5-9-18(10-6-16)25-24-26-23(28)22(32-24)15-20-13-14-21(31-20)17-7-11-19(12-8-17)27(29)30/h5-15H,2-4H2,1H3,(H,25,26,28). The fourth-order valence-corrected chi connectivity index (χ4v) is 4.00. The third kappa shape index (κ3) is 5.15. The Morgan fingerprint density at radius 3 is 2.53 bits per heavy atom. The molecule has 8 heteroatoms. The van der Waals surface area contributed by atoms with E-state index in [9.17, 15) is 14.9 Å². The number of non-ortho nitro benzene ring substituents is 1. The van der Waals surface area contributed by atoms with Gasteiger partial charge in [0, 0.05) is 23.8 Å². The van der Waals surface area contributed by atoms with Gasteiger partial charge in [-0.25, -0.2) is 4.99 Å². The maximum absolute atomic E-state index is 12.3. The molecule has 1 fully saturated rings. The van der Waals surface area contributed by atoms with Gasteiger partial charge < -0.3 is 9.73 Å². The largest absolute Gasteiger partial charge is 0.457 e. The van der Waals surface area contributed by atoms with E-state index < -0.39 is 4.92 Å². The Kier molecular flexibility index (Phi) is 6.51. The highest BCUT2D eigenvalue weighted by molar-refractivity contribution is 8.18. The number of amides is 1. The Bertz CT molecular complexity index is 1190. The van der Waals surface area contributed by atoms with Crippen molar-refractivity contribution in [2.45, 2.75) is 26.2 Å². The van der Waals surface area contributed by atoms with E-state index in [1.54, 1.807) is 30.3 Å². The van der Waals surface area contributed by atoms with Crippen LogP contribution in [0.5, 0.6) is 0 Å². The Morgan fingerprint density at radius 1 is 1.09 bits per heavy atom. The third-order valence-electron chi connectivity index (χ3n) is 4.90. The Morgan fingerprint density at radius 2 is 1.84 bits per heavy atom. The fraction of sp³-hybridized carbons (Fsp3) is 0.167. The molecule has 0 radical (unpaired) electrons. The summed E-state index contributed by atoms with van der Waals surface area (Å²) in [5, 5.41) is 14.1. The lowest BCUT2D eigenvalue weighted by atomic mass is 10.1. The third-order valence-corrected chi connectivity index (χ3v) is 5.81. The van der Waals surface area contributed by atoms with Crippen LogP contribution in [0.15, 0.2) is 75.0 Å². The number of nitro benzene ring substituents is 1. The number of rotatable bonds is 7. The van der Waals surface area contributed by atoms with E-state index in [1.807, 2.05) is 12.1 Å². The van der Waals surface area contributed by atoms with Gasteiger partial charge in [0.1, 0.15) is 11.5 Å². The first-order valence-corrected chi connectivity index (χ1v) is 11.1. The monoisotopic (exact) mass is 447 g/mol. The van der Waals surface area contributed by atoms with Crippen molar-refractivity contribution in [2.75, 3.05) is 0 Å². The van der Waals surface area contributed by atoms with Crippen LogP contribution in [0.2, 0.25) is 0 Å². The van der Waals surface area contributed by atoms with Gasteiger partial charge in [0.2, 0.25) is 0 Å². The molecule has 1 N–H and O–H groups in total. The first kappa shape index (κ1) is 21.6. The topological polar surface area (TPSA) is 97.7 Å². The molecule has 1 saturated heterocycles. The van der Waals surface area contributed by atoms with Crippen LogP contribution in [-0.4, -0.2) is 16.0 Å². The van der Waals surface area contributed by atoms with Gasteiger partial charge in [0.05, 0.1) is 15.5 Å². The number of benzene rings is 2. The number of carbonyl (C=O) groups excluding carboxylic acids is 1. The van der Waals surface area contributed by atoms with Gasteiger partial charge in [-0.2, -0.15) is 0 Å². The molecule has 4 rings (SSSR count). The van der Waals surface area contributed by atoms with E-state index in [0.717, 1.165) is 24.9 Å². The number of furan rings is 1. The van der Waals surface area contributed by atoms with Crippen LogP contribution in [-0.2, 0) is 11.2 Å². The maximum Gasteiger partial charge on any atom is 0.269 e. The second-order valence-corrected chi connectivity index (χ2v) is 8.29. The Labute approximate surface area is 189 Å². The van der Waals surface area contributed by atoms with Crippen molar-refractivity contribution >= 4 is 40.3 Å². The van der Waals surface area contributed by atoms with Crippen LogP contribution in [0.4, 0.5) is 11.4 Å². The van der Waals surface area contributed by atoms with Gasteiger partial charge in [-0.3, -0.25) is 14.9 Å². The molecule has 0 saturated carbocycles. The zero-order chi connectivity index (χ0) is 22.5. The summed E-state index contributed by atoms with van der Waals surface area (Å²) in [4.78, 5) is 27.7. The summed E-state index contributed by atoms with van der Waals surface area (Å²) in [6, 6.07) is 17.7. The predicted octanol–water partition coefficient (Wildman–Crippen LogP) is 6.09. The first-order valence-electron chi connectivity index (χ1n) is 10.2. The summed E-state index contributed by atoms with van der Waals surface area (Å²) in [5.41, 5.74) is 2.80. The van der Waals surface area contributed by atoms with Crippen molar-refractivity contribution in [3.63, 3.8) is 0 Å². The molecule has 1 amide bonds. The highest BCUT2D eigenvalue weighted by atomic mass is 32.2. The van der Waals surface area contributed by atoms with Crippen LogP contribution in [0.25, 0.3) is 17.4 Å². The van der Waals surface area contributed by atoms with Gasteiger partial charge in [0.25, 0.3) is 11.6 Å². The highest BCUT2D eigenvalue weighted by Crippen LogP contribution is 2.30. The first-order chi connectivity index (χ1) is 15.5. The number of unbranched alkanes of at least 4 members (excludes halogenated alkanes) is 1. The lowest BCUT2D eigenvalue weighted by Gasteiger charge is -2.01. The lowest BCUT2D eigenvalue weighted by molar-refractivity contribution is -0.384. The van der Waals surface area contributed by atoms with Crippen LogP contribution in [0.1, 0.15) is 31.1 Å². The molecule has 2 aromatic carbocycles. The van der Waals surface area contributed by atoms with E-state index in [0.29, 0.717) is 27.2 Å². The molecule has 1 aliphatic rings. The minimum absolute atomic E-state index is 0.0177. The minimum atomic E-state index is -0.447. The van der Waals surface area contributed by atoms with Crippen molar-refractivity contribution in [3.05, 3.63) is 87.0 Å². The molecule has 0 spiro atoms. The average Bonchev–Trinajstić information content (AvgIpc) is 3.40. The number of thioether (sulfide) groups is 1. The van der Waals surface area contributed by atoms with Crippen LogP contribution >= 0.6 is 11.8 Å². The molecule has 0 unspecified atom stereocenters. The second kappa shape index (κ2) is 9.65. The number of nitrogens with one attached hydrogen (secondary N) is 1. The number of amidine groups is 1. The van der Waals surface area contributed by atoms with Crippen molar-refractivity contribution < 1.29 is 14.1 Å². The molecular weight excluding hydrogens is 426 g/mol. The van der Waals surface area contributed by atoms with Crippen molar-refractivity contribution in [1.29, 1.82) is 0 Å². The quantitative estimate of drug-likeness (QED) is 0.268. The Hall–Kier alpha value is -3.65. The van der Waals surface area contributed by atoms with Crippen molar-refractivity contribution in [1.82, 2.24) is 5.32 Å². The van der Waals surface area contributed by atoms with Crippen LogP contribution < -0.4 is 5.32 Å². The number of hydrogen-bond acceptors (Lipinski definition) is 6. The van der Waals surface area contributed by atoms with Crippen LogP contribution in [0.3, 0.4) is 0 Å². The summed E-state index contributed by atoms with van der Waals surface area (Å²) < 4.78 is 5.80. The molecule has 3 aromatic rings. The molecule has 32 heavy (non-hydrogen) atoms. The van der Waals surface area contributed by atoms with Crippen molar-refractivity contribution in [3.8, 4) is 11.3 Å². The maximum atomic E-state index is 12.3. The summed E-state index contributed by atoms with van der Waals surface area (Å²) in [6.45, 7) is 2.17. The number of nitrogens with zero attached hydrogens (tertiary/aromatic N) is 2. The summed E-state index contributed by atoms with van der Waals surface area (Å²) >= 11 is 1.25. The SMILES string of the molecule is CCCCc1ccc(N=C2NC(=O)C(=Cc3ccc(-c4ccc([N+](=O)[O-])cc4)o3)S2)cc1. The molecule has 1 aliphatic heterocycles. The van der Waals surface area contributed by atoms with E-state index >= 15 is 0 Å². The zero-order valence-corrected chi connectivity index (χ0v) is 18.2. The molecule has 2 heterocycles. The van der Waals surface area contributed by atoms with Gasteiger partial charge in [-0.1, -0.05) is 25.5 Å². The molecule has 162 valence electrons. The molecule has 0 bridgehead atoms. The fourth-order valence-electron chi connectivity index (χ4n) is 3.18. The number of aliphatic imine (C=N–C) groups is 1. The number of hydrogen-bond donors (Lipinski definition) is 1. The van der Waals surface area contributed by atoms with E-state index in [-0.39, 0.29) is 11.6 Å². The number of nitro groups is 1. The molecular formula is C24H21N3O4S. The minimum Gasteiger partial charge on any atom is -0.457 e. The smallest absolute Gasteiger partial charge is 0.269 e. The summed E-state index contributed by atoms with van der Waals surface area (Å²) in [5.74, 6) is 0.839. The average molecular weight is 448 g/mol. The molecule has 0 atom stereocenters. The Balaban J connectivity index is 1.45. The summed E-state index contributed by atoms with van der Waals surface area (Å²) in [7, 11) is 0. The van der Waals surface area contributed by atoms with Crippen LogP contribution in [0, 0.1) is 10.1 Å². The molecule has 0 aliphatic carbocycles. The van der Waals surface area contributed by atoms with Gasteiger partial charge >= 0.3 is 0 Å². The lowest BCUT2D eigenvalue weighted by Crippen LogP contribution is -2.19. The number of aryl methyl sites for hydroxylation is 1. The van der Waals surface area contributed by atoms with E-state index in [4.69, 9.17) is 4.42 Å². The van der Waals surface area contributed by atoms with Gasteiger partial charge in [0.15, 0.2) is 5.17 Å². The van der Waals surface area contributed by atoms with E-state index in [1.165, 1.54) is 29.5 Å². The second-order valence-electron chi connectivity index (χ2n) is 7.26. The predicted molar refractivity (Wildman–Crippen MR) is 127 cm³/mol. The number of carbonyl (C=O) groups is 1. The van der Waals surface area contributed by atoms with Gasteiger partial charge in [-0.15, -0.1) is 0 Å². The molecule has 7 nitrogen and oxygen atoms in total. The highest BCUT2D eigenvalue weighted by Gasteiger charge is 2.24. The normalized spacial score (nSPS) is 16.0. The molecule has 1 aromatic heterocycles. The van der Waals surface area contributed by atoms with E-state index in [2.05, 4.69) is 29.4 Å². The van der Waals surface area contributed by atoms with Crippen molar-refractivity contribution in [2.24, 2.45) is 4.99 Å². The summed E-state index contributed by atoms with van der Waals surface area (Å²) in [6.07, 6.45) is 5.03.